The Morgan fingerprint density at radius 2 is 1.76 bits per heavy atom. The van der Waals surface area contributed by atoms with Crippen LogP contribution in [0.3, 0.4) is 0 Å². The molecule has 0 aliphatic rings. The maximum atomic E-state index is 10.6. The molecule has 7 rings (SSSR count). The number of thiophene rings is 1. The number of aromatic nitrogens is 7. The van der Waals surface area contributed by atoms with E-state index in [0.717, 1.165) is 49.2 Å². The molecule has 7 aromatic rings. The van der Waals surface area contributed by atoms with Gasteiger partial charge in [0.15, 0.2) is 17.7 Å². The lowest BCUT2D eigenvalue weighted by atomic mass is 10.1. The molecular weight excluding hydrogens is 496 g/mol. The molecule has 184 valence electrons. The van der Waals surface area contributed by atoms with Gasteiger partial charge >= 0.3 is 0 Å². The van der Waals surface area contributed by atoms with Gasteiger partial charge in [0.25, 0.3) is 0 Å². The molecule has 0 saturated heterocycles. The molecule has 0 spiro atoms. The summed E-state index contributed by atoms with van der Waals surface area (Å²) in [6.45, 7) is 0. The highest BCUT2D eigenvalue weighted by molar-refractivity contribution is 7.13. The molecule has 10 heteroatoms. The molecule has 6 aromatic heterocycles. The van der Waals surface area contributed by atoms with Crippen LogP contribution in [0.4, 0.5) is 5.69 Å². The summed E-state index contributed by atoms with van der Waals surface area (Å²) in [5.41, 5.74) is 7.18. The van der Waals surface area contributed by atoms with Crippen molar-refractivity contribution in [2.45, 2.75) is 6.23 Å². The largest absolute Gasteiger partial charge is 0.369 e. The summed E-state index contributed by atoms with van der Waals surface area (Å²) >= 11 is 1.65. The van der Waals surface area contributed by atoms with E-state index in [-0.39, 0.29) is 0 Å². The molecule has 4 N–H and O–H groups in total. The van der Waals surface area contributed by atoms with Gasteiger partial charge in [-0.1, -0.05) is 36.4 Å². The van der Waals surface area contributed by atoms with E-state index in [1.54, 1.807) is 36.1 Å². The summed E-state index contributed by atoms with van der Waals surface area (Å²) in [5, 5.41) is 24.0. The second kappa shape index (κ2) is 9.18. The molecule has 1 unspecified atom stereocenters. The summed E-state index contributed by atoms with van der Waals surface area (Å²) in [6, 6.07) is 17.5. The smallest absolute Gasteiger partial charge is 0.181 e. The lowest BCUT2D eigenvalue weighted by Gasteiger charge is -2.15. The van der Waals surface area contributed by atoms with Crippen LogP contribution >= 0.6 is 11.3 Å². The van der Waals surface area contributed by atoms with Crippen molar-refractivity contribution < 1.29 is 5.11 Å². The number of aliphatic hydroxyl groups excluding tert-OH is 1. The Hall–Kier alpha value is -4.93. The standard InChI is InChI=1S/C28H20N8OS/c37-28(16-5-2-1-3-6-16)32-19-9-17(11-29-13-19)18-10-20-25(35-36-26(20)31-12-18)27-33-22-15-30-14-21(24(22)34-27)23-7-4-8-38-23/h1-15,28,32,37H,(H,33,34)(H,31,35,36). The highest BCUT2D eigenvalue weighted by Gasteiger charge is 2.17. The van der Waals surface area contributed by atoms with Gasteiger partial charge in [0.2, 0.25) is 0 Å². The molecule has 0 amide bonds. The van der Waals surface area contributed by atoms with Crippen LogP contribution in [0.25, 0.3) is 55.2 Å². The summed E-state index contributed by atoms with van der Waals surface area (Å²) in [7, 11) is 0. The predicted molar refractivity (Wildman–Crippen MR) is 148 cm³/mol. The van der Waals surface area contributed by atoms with Crippen LogP contribution in [0, 0.1) is 0 Å². The molecule has 9 nitrogen and oxygen atoms in total. The van der Waals surface area contributed by atoms with Crippen molar-refractivity contribution >= 4 is 39.1 Å². The Morgan fingerprint density at radius 1 is 0.895 bits per heavy atom. The average molecular weight is 517 g/mol. The second-order valence-corrected chi connectivity index (χ2v) is 9.71. The van der Waals surface area contributed by atoms with E-state index in [9.17, 15) is 5.11 Å². The quantitative estimate of drug-likeness (QED) is 0.206. The highest BCUT2D eigenvalue weighted by atomic mass is 32.1. The molecule has 1 aromatic carbocycles. The third kappa shape index (κ3) is 3.97. The first-order chi connectivity index (χ1) is 18.7. The van der Waals surface area contributed by atoms with Crippen LogP contribution in [0.2, 0.25) is 0 Å². The fraction of sp³-hybridized carbons (Fsp3) is 0.0357. The third-order valence-electron chi connectivity index (χ3n) is 6.32. The SMILES string of the molecule is OC(Nc1cncc(-c2cnc3n[nH]c(-c4nc5c(-c6cccs6)cncc5[nH]4)c3c2)c1)c1ccccc1. The van der Waals surface area contributed by atoms with Gasteiger partial charge in [-0.25, -0.2) is 9.97 Å². The van der Waals surface area contributed by atoms with Crippen LogP contribution in [-0.2, 0) is 0 Å². The van der Waals surface area contributed by atoms with E-state index >= 15 is 0 Å². The van der Waals surface area contributed by atoms with Gasteiger partial charge in [-0.3, -0.25) is 15.1 Å². The lowest BCUT2D eigenvalue weighted by Crippen LogP contribution is -2.09. The molecule has 0 aliphatic heterocycles. The maximum absolute atomic E-state index is 10.6. The van der Waals surface area contributed by atoms with Crippen molar-refractivity contribution in [1.82, 2.24) is 35.1 Å². The Labute approximate surface area is 220 Å². The Morgan fingerprint density at radius 3 is 2.63 bits per heavy atom. The minimum atomic E-state index is -0.851. The van der Waals surface area contributed by atoms with Gasteiger partial charge in [-0.15, -0.1) is 11.3 Å². The highest BCUT2D eigenvalue weighted by Crippen LogP contribution is 2.33. The van der Waals surface area contributed by atoms with Crippen molar-refractivity contribution in [3.8, 4) is 33.1 Å². The van der Waals surface area contributed by atoms with Gasteiger partial charge in [0, 0.05) is 45.7 Å². The zero-order valence-electron chi connectivity index (χ0n) is 19.8. The molecule has 38 heavy (non-hydrogen) atoms. The van der Waals surface area contributed by atoms with E-state index in [1.165, 1.54) is 0 Å². The number of aromatic amines is 2. The molecule has 6 heterocycles. The number of anilines is 1. The van der Waals surface area contributed by atoms with E-state index in [2.05, 4.69) is 41.5 Å². The molecule has 1 atom stereocenters. The van der Waals surface area contributed by atoms with Crippen molar-refractivity contribution in [1.29, 1.82) is 0 Å². The van der Waals surface area contributed by atoms with E-state index in [1.807, 2.05) is 60.1 Å². The van der Waals surface area contributed by atoms with Gasteiger partial charge < -0.3 is 15.4 Å². The Kier molecular flexibility index (Phi) is 5.38. The average Bonchev–Trinajstić information content (AvgIpc) is 3.73. The maximum Gasteiger partial charge on any atom is 0.181 e. The summed E-state index contributed by atoms with van der Waals surface area (Å²) in [4.78, 5) is 22.7. The van der Waals surface area contributed by atoms with E-state index in [0.29, 0.717) is 17.2 Å². The Balaban J connectivity index is 1.25. The van der Waals surface area contributed by atoms with Crippen molar-refractivity contribution in [2.24, 2.45) is 0 Å². The number of H-pyrrole nitrogens is 2. The van der Waals surface area contributed by atoms with Crippen LogP contribution in [0.5, 0.6) is 0 Å². The molecule has 0 fully saturated rings. The zero-order chi connectivity index (χ0) is 25.5. The summed E-state index contributed by atoms with van der Waals surface area (Å²) in [6.07, 6.45) is 7.97. The number of pyridine rings is 3. The first kappa shape index (κ1) is 22.3. The molecular formula is C28H20N8OS. The van der Waals surface area contributed by atoms with Crippen LogP contribution in [0.1, 0.15) is 11.8 Å². The zero-order valence-corrected chi connectivity index (χ0v) is 20.6. The number of benzene rings is 1. The van der Waals surface area contributed by atoms with Crippen LogP contribution in [-0.4, -0.2) is 40.2 Å². The van der Waals surface area contributed by atoms with Crippen molar-refractivity contribution in [2.75, 3.05) is 5.32 Å². The normalized spacial score (nSPS) is 12.2. The number of hydrogen-bond acceptors (Lipinski definition) is 8. The molecule has 0 radical (unpaired) electrons. The van der Waals surface area contributed by atoms with Crippen LogP contribution in [0.15, 0.2) is 91.0 Å². The predicted octanol–water partition coefficient (Wildman–Crippen LogP) is 5.79. The topological polar surface area (TPSA) is 128 Å². The van der Waals surface area contributed by atoms with Gasteiger partial charge in [-0.2, -0.15) is 5.10 Å². The summed E-state index contributed by atoms with van der Waals surface area (Å²) < 4.78 is 0. The van der Waals surface area contributed by atoms with Gasteiger partial charge in [0.1, 0.15) is 11.2 Å². The van der Waals surface area contributed by atoms with E-state index < -0.39 is 6.23 Å². The van der Waals surface area contributed by atoms with Gasteiger partial charge in [0.05, 0.1) is 29.0 Å². The number of imidazole rings is 1. The number of nitrogens with one attached hydrogen (secondary N) is 3. The third-order valence-corrected chi connectivity index (χ3v) is 7.22. The van der Waals surface area contributed by atoms with E-state index in [4.69, 9.17) is 4.98 Å². The fourth-order valence-corrected chi connectivity index (χ4v) is 5.19. The fourth-order valence-electron chi connectivity index (χ4n) is 4.45. The number of hydrogen-bond donors (Lipinski definition) is 4. The van der Waals surface area contributed by atoms with Crippen molar-refractivity contribution in [3.05, 3.63) is 96.5 Å². The number of rotatable bonds is 6. The number of fused-ring (bicyclic) bond motifs is 2. The summed E-state index contributed by atoms with van der Waals surface area (Å²) in [5.74, 6) is 0.659. The monoisotopic (exact) mass is 516 g/mol. The molecule has 0 aliphatic carbocycles. The molecule has 0 saturated carbocycles. The van der Waals surface area contributed by atoms with Gasteiger partial charge in [-0.05, 0) is 23.6 Å². The minimum Gasteiger partial charge on any atom is -0.369 e. The first-order valence-electron chi connectivity index (χ1n) is 11.9. The number of aliphatic hydroxyl groups is 1. The Bertz CT molecular complexity index is 1880. The number of nitrogens with zero attached hydrogens (tertiary/aromatic N) is 5. The lowest BCUT2D eigenvalue weighted by molar-refractivity contribution is 0.208. The second-order valence-electron chi connectivity index (χ2n) is 8.76. The molecule has 0 bridgehead atoms. The van der Waals surface area contributed by atoms with Crippen molar-refractivity contribution in [3.63, 3.8) is 0 Å². The first-order valence-corrected chi connectivity index (χ1v) is 12.8. The van der Waals surface area contributed by atoms with Crippen LogP contribution < -0.4 is 5.32 Å². The minimum absolute atomic E-state index is 0.586.